The third-order valence-electron chi connectivity index (χ3n) is 3.43. The molecule has 1 aliphatic rings. The van der Waals surface area contributed by atoms with E-state index >= 15 is 0 Å². The number of hydrogen-bond acceptors (Lipinski definition) is 4. The molecule has 2 N–H and O–H groups in total. The zero-order valence-electron chi connectivity index (χ0n) is 11.2. The molecule has 1 unspecified atom stereocenters. The van der Waals surface area contributed by atoms with Gasteiger partial charge in [0.2, 0.25) is 5.91 Å². The van der Waals surface area contributed by atoms with E-state index in [1.165, 1.54) is 6.07 Å². The van der Waals surface area contributed by atoms with Gasteiger partial charge < -0.3 is 10.6 Å². The average molecular weight is 263 g/mol. The van der Waals surface area contributed by atoms with Gasteiger partial charge in [-0.1, -0.05) is 13.8 Å². The maximum atomic E-state index is 11.3. The Balaban J connectivity index is 2.39. The van der Waals surface area contributed by atoms with Gasteiger partial charge in [0, 0.05) is 17.8 Å². The second kappa shape index (κ2) is 4.87. The Morgan fingerprint density at radius 1 is 1.37 bits per heavy atom. The number of nitro benzene ring substituents is 1. The Hall–Kier alpha value is -2.11. The van der Waals surface area contributed by atoms with E-state index in [0.717, 1.165) is 0 Å². The molecule has 1 heterocycles. The summed E-state index contributed by atoms with van der Waals surface area (Å²) in [6.07, 6.45) is 0.205. The molecular weight excluding hydrogens is 246 g/mol. The summed E-state index contributed by atoms with van der Waals surface area (Å²) in [7, 11) is 0. The Kier molecular flexibility index (Phi) is 3.42. The number of nitro groups is 1. The first-order valence-electron chi connectivity index (χ1n) is 6.26. The lowest BCUT2D eigenvalue weighted by atomic mass is 10.0. The van der Waals surface area contributed by atoms with Gasteiger partial charge in [-0.15, -0.1) is 0 Å². The summed E-state index contributed by atoms with van der Waals surface area (Å²) >= 11 is 0. The quantitative estimate of drug-likeness (QED) is 0.645. The fourth-order valence-electron chi connectivity index (χ4n) is 1.94. The molecule has 0 fully saturated rings. The van der Waals surface area contributed by atoms with Crippen LogP contribution in [-0.4, -0.2) is 16.9 Å². The van der Waals surface area contributed by atoms with Crippen molar-refractivity contribution >= 4 is 23.0 Å². The van der Waals surface area contributed by atoms with E-state index in [9.17, 15) is 14.9 Å². The topological polar surface area (TPSA) is 84.3 Å². The molecule has 0 spiro atoms. The van der Waals surface area contributed by atoms with Gasteiger partial charge in [0.05, 0.1) is 11.3 Å². The van der Waals surface area contributed by atoms with Gasteiger partial charge in [0.25, 0.3) is 5.69 Å². The predicted octanol–water partition coefficient (Wildman–Crippen LogP) is 2.55. The van der Waals surface area contributed by atoms with Crippen molar-refractivity contribution in [1.29, 1.82) is 0 Å². The van der Waals surface area contributed by atoms with Crippen molar-refractivity contribution in [2.24, 2.45) is 5.92 Å². The van der Waals surface area contributed by atoms with E-state index in [1.54, 1.807) is 6.07 Å². The van der Waals surface area contributed by atoms with Gasteiger partial charge in [0.1, 0.15) is 5.69 Å². The van der Waals surface area contributed by atoms with Crippen molar-refractivity contribution in [2.45, 2.75) is 33.2 Å². The number of carbonyl (C=O) groups is 1. The molecular formula is C13H17N3O3. The van der Waals surface area contributed by atoms with Gasteiger partial charge in [-0.2, -0.15) is 0 Å². The number of fused-ring (bicyclic) bond motifs is 1. The molecule has 0 saturated carbocycles. The molecule has 0 aliphatic carbocycles. The van der Waals surface area contributed by atoms with E-state index in [2.05, 4.69) is 10.6 Å². The van der Waals surface area contributed by atoms with Crippen molar-refractivity contribution in [3.05, 3.63) is 27.8 Å². The number of nitrogens with one attached hydrogen (secondary N) is 2. The number of hydrogen-bond donors (Lipinski definition) is 2. The van der Waals surface area contributed by atoms with Crippen molar-refractivity contribution in [3.8, 4) is 0 Å². The molecule has 1 aliphatic heterocycles. The van der Waals surface area contributed by atoms with Gasteiger partial charge in [0.15, 0.2) is 0 Å². The first-order valence-corrected chi connectivity index (χ1v) is 6.26. The van der Waals surface area contributed by atoms with Crippen molar-refractivity contribution < 1.29 is 9.72 Å². The minimum absolute atomic E-state index is 0.0164. The first-order chi connectivity index (χ1) is 8.88. The molecule has 102 valence electrons. The zero-order valence-corrected chi connectivity index (χ0v) is 11.2. The van der Waals surface area contributed by atoms with E-state index in [4.69, 9.17) is 0 Å². The molecule has 0 bridgehead atoms. The highest BCUT2D eigenvalue weighted by Crippen LogP contribution is 2.35. The lowest BCUT2D eigenvalue weighted by molar-refractivity contribution is -0.384. The third-order valence-corrected chi connectivity index (χ3v) is 3.43. The summed E-state index contributed by atoms with van der Waals surface area (Å²) in [6.45, 7) is 6.05. The molecule has 6 heteroatoms. The standard InChI is InChI=1S/C13H17N3O3/c1-7(2)8(3)14-11-6-10-9(5-13(17)15-10)4-12(11)16(18)19/h4,6-8,14H,5H2,1-3H3,(H,15,17). The fourth-order valence-corrected chi connectivity index (χ4v) is 1.94. The number of rotatable bonds is 4. The van der Waals surface area contributed by atoms with E-state index < -0.39 is 4.92 Å². The second-order valence-corrected chi connectivity index (χ2v) is 5.19. The number of nitrogens with zero attached hydrogens (tertiary/aromatic N) is 1. The molecule has 1 atom stereocenters. The molecule has 19 heavy (non-hydrogen) atoms. The highest BCUT2D eigenvalue weighted by molar-refractivity contribution is 6.00. The summed E-state index contributed by atoms with van der Waals surface area (Å²) in [5.74, 6) is 0.223. The molecule has 0 saturated heterocycles. The summed E-state index contributed by atoms with van der Waals surface area (Å²) < 4.78 is 0. The Labute approximate surface area is 111 Å². The number of benzene rings is 1. The van der Waals surface area contributed by atoms with Crippen LogP contribution in [0.15, 0.2) is 12.1 Å². The fraction of sp³-hybridized carbons (Fsp3) is 0.462. The van der Waals surface area contributed by atoms with Crippen LogP contribution in [0, 0.1) is 16.0 Å². The lowest BCUT2D eigenvalue weighted by Crippen LogP contribution is -2.22. The molecule has 0 radical (unpaired) electrons. The van der Waals surface area contributed by atoms with Crippen LogP contribution in [0.2, 0.25) is 0 Å². The molecule has 1 aromatic rings. The number of amides is 1. The zero-order chi connectivity index (χ0) is 14.2. The lowest BCUT2D eigenvalue weighted by Gasteiger charge is -2.19. The Bertz CT molecular complexity index is 540. The van der Waals surface area contributed by atoms with Gasteiger partial charge in [-0.3, -0.25) is 14.9 Å². The van der Waals surface area contributed by atoms with Crippen LogP contribution < -0.4 is 10.6 Å². The van der Waals surface area contributed by atoms with E-state index in [1.807, 2.05) is 20.8 Å². The maximum absolute atomic E-state index is 11.3. The van der Waals surface area contributed by atoms with Crippen molar-refractivity contribution in [2.75, 3.05) is 10.6 Å². The maximum Gasteiger partial charge on any atom is 0.292 e. The minimum atomic E-state index is -0.418. The van der Waals surface area contributed by atoms with Crippen LogP contribution in [0.3, 0.4) is 0 Å². The van der Waals surface area contributed by atoms with E-state index in [-0.39, 0.29) is 24.1 Å². The summed E-state index contributed by atoms with van der Waals surface area (Å²) in [5.41, 5.74) is 1.81. The Morgan fingerprint density at radius 3 is 2.63 bits per heavy atom. The molecule has 1 amide bonds. The smallest absolute Gasteiger partial charge is 0.292 e. The summed E-state index contributed by atoms with van der Waals surface area (Å²) in [4.78, 5) is 22.0. The predicted molar refractivity (Wildman–Crippen MR) is 73.4 cm³/mol. The normalized spacial score (nSPS) is 15.1. The molecule has 6 nitrogen and oxygen atoms in total. The summed E-state index contributed by atoms with van der Waals surface area (Å²) in [6, 6.07) is 3.23. The SMILES string of the molecule is CC(C)C(C)Nc1cc2c(cc1[N+](=O)[O-])CC(=O)N2. The molecule has 1 aromatic carbocycles. The van der Waals surface area contributed by atoms with Gasteiger partial charge in [-0.05, 0) is 24.5 Å². The van der Waals surface area contributed by atoms with Crippen LogP contribution >= 0.6 is 0 Å². The van der Waals surface area contributed by atoms with Crippen LogP contribution in [0.1, 0.15) is 26.3 Å². The first kappa shape index (κ1) is 13.3. The number of carbonyl (C=O) groups excluding carboxylic acids is 1. The van der Waals surface area contributed by atoms with Crippen molar-refractivity contribution in [1.82, 2.24) is 0 Å². The molecule has 2 rings (SSSR count). The number of anilines is 2. The van der Waals surface area contributed by atoms with Crippen LogP contribution in [0.5, 0.6) is 0 Å². The monoisotopic (exact) mass is 263 g/mol. The minimum Gasteiger partial charge on any atom is -0.377 e. The second-order valence-electron chi connectivity index (χ2n) is 5.19. The van der Waals surface area contributed by atoms with E-state index in [0.29, 0.717) is 22.9 Å². The largest absolute Gasteiger partial charge is 0.377 e. The highest BCUT2D eigenvalue weighted by Gasteiger charge is 2.25. The summed E-state index contributed by atoms with van der Waals surface area (Å²) in [5, 5.41) is 17.0. The van der Waals surface area contributed by atoms with Crippen LogP contribution in [0.25, 0.3) is 0 Å². The van der Waals surface area contributed by atoms with Crippen LogP contribution in [0.4, 0.5) is 17.1 Å². The molecule has 0 aromatic heterocycles. The van der Waals surface area contributed by atoms with Gasteiger partial charge in [-0.25, -0.2) is 0 Å². The third kappa shape index (κ3) is 2.67. The van der Waals surface area contributed by atoms with Gasteiger partial charge >= 0.3 is 0 Å². The Morgan fingerprint density at radius 2 is 2.05 bits per heavy atom. The van der Waals surface area contributed by atoms with Crippen molar-refractivity contribution in [3.63, 3.8) is 0 Å². The average Bonchev–Trinajstić information content (AvgIpc) is 2.66. The van der Waals surface area contributed by atoms with Crippen LogP contribution in [-0.2, 0) is 11.2 Å². The highest BCUT2D eigenvalue weighted by atomic mass is 16.6.